The van der Waals surface area contributed by atoms with Crippen molar-refractivity contribution < 1.29 is 9.13 Å². The lowest BCUT2D eigenvalue weighted by Crippen LogP contribution is -2.35. The van der Waals surface area contributed by atoms with Gasteiger partial charge in [0.1, 0.15) is 17.3 Å². The third kappa shape index (κ3) is 2.90. The van der Waals surface area contributed by atoms with E-state index in [0.717, 1.165) is 28.2 Å². The summed E-state index contributed by atoms with van der Waals surface area (Å²) in [6.45, 7) is 4.76. The highest BCUT2D eigenvalue weighted by atomic mass is 32.1. The van der Waals surface area contributed by atoms with Crippen LogP contribution in [-0.2, 0) is 6.42 Å². The van der Waals surface area contributed by atoms with Gasteiger partial charge in [-0.25, -0.2) is 19.9 Å². The van der Waals surface area contributed by atoms with Crippen LogP contribution in [-0.4, -0.2) is 33.6 Å². The molecule has 0 spiro atoms. The zero-order chi connectivity index (χ0) is 18.3. The summed E-state index contributed by atoms with van der Waals surface area (Å²) in [6.07, 6.45) is 2.59. The minimum absolute atomic E-state index is 0.0108. The van der Waals surface area contributed by atoms with Crippen molar-refractivity contribution in [1.29, 1.82) is 0 Å². The Bertz CT molecular complexity index is 961. The fourth-order valence-electron chi connectivity index (χ4n) is 3.24. The van der Waals surface area contributed by atoms with E-state index in [-0.39, 0.29) is 6.04 Å². The average molecular weight is 371 g/mol. The molecule has 0 saturated carbocycles. The highest BCUT2D eigenvalue weighted by Crippen LogP contribution is 2.34. The highest BCUT2D eigenvalue weighted by molar-refractivity contribution is 7.10. The maximum absolute atomic E-state index is 13.8. The Labute approximate surface area is 154 Å². The molecule has 4 rings (SSSR count). The molecule has 0 fully saturated rings. The Morgan fingerprint density at radius 2 is 2.12 bits per heavy atom. The summed E-state index contributed by atoms with van der Waals surface area (Å²) in [5.74, 6) is 1.12. The first-order valence-electron chi connectivity index (χ1n) is 8.31. The molecular formula is C18H18FN5OS. The first-order chi connectivity index (χ1) is 12.6. The van der Waals surface area contributed by atoms with Gasteiger partial charge in [0, 0.05) is 41.7 Å². The van der Waals surface area contributed by atoms with Crippen molar-refractivity contribution >= 4 is 17.2 Å². The van der Waals surface area contributed by atoms with Crippen LogP contribution in [0.4, 0.5) is 10.2 Å². The summed E-state index contributed by atoms with van der Waals surface area (Å²) in [6, 6.07) is 3.01. The predicted molar refractivity (Wildman–Crippen MR) is 98.1 cm³/mol. The van der Waals surface area contributed by atoms with Crippen LogP contribution in [0.3, 0.4) is 0 Å². The Kier molecular flexibility index (Phi) is 4.28. The molecule has 3 aromatic heterocycles. The number of hydrogen-bond donors (Lipinski definition) is 0. The number of halogens is 1. The van der Waals surface area contributed by atoms with Crippen LogP contribution in [0, 0.1) is 12.9 Å². The fraction of sp³-hybridized carbons (Fsp3) is 0.333. The van der Waals surface area contributed by atoms with E-state index in [2.05, 4.69) is 15.0 Å². The van der Waals surface area contributed by atoms with Gasteiger partial charge in [0.15, 0.2) is 5.82 Å². The molecule has 6 nitrogen and oxygen atoms in total. The molecule has 8 heteroatoms. The molecule has 1 atom stereocenters. The van der Waals surface area contributed by atoms with E-state index in [1.165, 1.54) is 13.2 Å². The summed E-state index contributed by atoms with van der Waals surface area (Å²) < 4.78 is 19.0. The third-order valence-electron chi connectivity index (χ3n) is 4.65. The normalized spacial score (nSPS) is 16.5. The molecule has 4 heterocycles. The standard InChI is InChI=1S/C18H18FN5OS/c1-10-13-8-20-18(17-11(2)26-9-21-17)22-14(13)4-5-24(10)16-7-12(25-3)6-15(19)23-16/h6-10H,4-5H2,1-3H3. The van der Waals surface area contributed by atoms with Gasteiger partial charge in [-0.2, -0.15) is 4.39 Å². The minimum Gasteiger partial charge on any atom is -0.496 e. The van der Waals surface area contributed by atoms with Crippen LogP contribution < -0.4 is 9.64 Å². The van der Waals surface area contributed by atoms with E-state index < -0.39 is 5.95 Å². The van der Waals surface area contributed by atoms with Gasteiger partial charge in [-0.3, -0.25) is 0 Å². The molecule has 0 saturated heterocycles. The summed E-state index contributed by atoms with van der Waals surface area (Å²) in [5.41, 5.74) is 4.68. The van der Waals surface area contributed by atoms with Gasteiger partial charge < -0.3 is 9.64 Å². The van der Waals surface area contributed by atoms with Gasteiger partial charge in [0.05, 0.1) is 24.4 Å². The molecule has 1 aliphatic heterocycles. The second-order valence-corrected chi connectivity index (χ2v) is 7.22. The SMILES string of the molecule is COc1cc(F)nc(N2CCc3nc(-c4ncsc4C)ncc3C2C)c1. The van der Waals surface area contributed by atoms with Crippen LogP contribution >= 0.6 is 11.3 Å². The molecule has 0 N–H and O–H groups in total. The van der Waals surface area contributed by atoms with Crippen LogP contribution in [0.25, 0.3) is 11.5 Å². The lowest BCUT2D eigenvalue weighted by molar-refractivity contribution is 0.408. The molecule has 1 aliphatic rings. The molecule has 0 amide bonds. The second kappa shape index (κ2) is 6.60. The number of aryl methyl sites for hydroxylation is 1. The zero-order valence-electron chi connectivity index (χ0n) is 14.7. The fourth-order valence-corrected chi connectivity index (χ4v) is 3.81. The molecule has 1 unspecified atom stereocenters. The largest absolute Gasteiger partial charge is 0.496 e. The zero-order valence-corrected chi connectivity index (χ0v) is 15.5. The number of methoxy groups -OCH3 is 1. The van der Waals surface area contributed by atoms with E-state index >= 15 is 0 Å². The smallest absolute Gasteiger partial charge is 0.218 e. The Morgan fingerprint density at radius 3 is 2.85 bits per heavy atom. The summed E-state index contributed by atoms with van der Waals surface area (Å²) in [5, 5.41) is 0. The number of anilines is 1. The summed E-state index contributed by atoms with van der Waals surface area (Å²) >= 11 is 1.58. The van der Waals surface area contributed by atoms with Crippen LogP contribution in [0.1, 0.15) is 29.1 Å². The van der Waals surface area contributed by atoms with E-state index in [0.29, 0.717) is 23.9 Å². The number of rotatable bonds is 3. The highest BCUT2D eigenvalue weighted by Gasteiger charge is 2.27. The van der Waals surface area contributed by atoms with Crippen molar-refractivity contribution in [3.8, 4) is 17.3 Å². The molecule has 0 radical (unpaired) electrons. The molecule has 26 heavy (non-hydrogen) atoms. The van der Waals surface area contributed by atoms with Crippen molar-refractivity contribution in [2.45, 2.75) is 26.3 Å². The van der Waals surface area contributed by atoms with Gasteiger partial charge in [0.25, 0.3) is 0 Å². The van der Waals surface area contributed by atoms with Gasteiger partial charge in [-0.1, -0.05) is 0 Å². The maximum Gasteiger partial charge on any atom is 0.218 e. The summed E-state index contributed by atoms with van der Waals surface area (Å²) in [4.78, 5) is 20.8. The Morgan fingerprint density at radius 1 is 1.27 bits per heavy atom. The third-order valence-corrected chi connectivity index (χ3v) is 5.41. The Hall–Kier alpha value is -2.61. The van der Waals surface area contributed by atoms with Crippen molar-refractivity contribution in [2.75, 3.05) is 18.6 Å². The van der Waals surface area contributed by atoms with Gasteiger partial charge in [0.2, 0.25) is 5.95 Å². The van der Waals surface area contributed by atoms with E-state index in [4.69, 9.17) is 9.72 Å². The molecular weight excluding hydrogens is 353 g/mol. The number of thiazole rings is 1. The second-order valence-electron chi connectivity index (χ2n) is 6.16. The number of hydrogen-bond acceptors (Lipinski definition) is 7. The molecule has 0 aliphatic carbocycles. The topological polar surface area (TPSA) is 64.0 Å². The van der Waals surface area contributed by atoms with Crippen LogP contribution in [0.15, 0.2) is 23.8 Å². The number of aromatic nitrogens is 4. The molecule has 3 aromatic rings. The number of pyridine rings is 1. The molecule has 134 valence electrons. The van der Waals surface area contributed by atoms with Crippen molar-refractivity contribution in [3.63, 3.8) is 0 Å². The first kappa shape index (κ1) is 16.8. The predicted octanol–water partition coefficient (Wildman–Crippen LogP) is 3.57. The van der Waals surface area contributed by atoms with Crippen LogP contribution in [0.2, 0.25) is 0 Å². The van der Waals surface area contributed by atoms with Gasteiger partial charge in [-0.05, 0) is 13.8 Å². The van der Waals surface area contributed by atoms with Gasteiger partial charge in [-0.15, -0.1) is 11.3 Å². The van der Waals surface area contributed by atoms with Crippen molar-refractivity contribution in [1.82, 2.24) is 19.9 Å². The lowest BCUT2D eigenvalue weighted by Gasteiger charge is -2.35. The minimum atomic E-state index is -0.553. The quantitative estimate of drug-likeness (QED) is 0.656. The van der Waals surface area contributed by atoms with E-state index in [9.17, 15) is 4.39 Å². The number of nitrogens with zero attached hydrogens (tertiary/aromatic N) is 5. The number of fused-ring (bicyclic) bond motifs is 1. The van der Waals surface area contributed by atoms with Gasteiger partial charge >= 0.3 is 0 Å². The van der Waals surface area contributed by atoms with Crippen LogP contribution in [0.5, 0.6) is 5.75 Å². The number of ether oxygens (including phenoxy) is 1. The molecule has 0 aromatic carbocycles. The average Bonchev–Trinajstić information content (AvgIpc) is 3.07. The van der Waals surface area contributed by atoms with E-state index in [1.54, 1.807) is 22.9 Å². The van der Waals surface area contributed by atoms with Crippen molar-refractivity contribution in [2.24, 2.45) is 0 Å². The first-order valence-corrected chi connectivity index (χ1v) is 9.19. The maximum atomic E-state index is 13.8. The molecule has 0 bridgehead atoms. The Balaban J connectivity index is 1.68. The monoisotopic (exact) mass is 371 g/mol. The summed E-state index contributed by atoms with van der Waals surface area (Å²) in [7, 11) is 1.52. The lowest BCUT2D eigenvalue weighted by atomic mass is 9.99. The van der Waals surface area contributed by atoms with E-state index in [1.807, 2.05) is 24.9 Å². The van der Waals surface area contributed by atoms with Crippen molar-refractivity contribution in [3.05, 3.63) is 45.9 Å².